The fourth-order valence-corrected chi connectivity index (χ4v) is 3.77. The second kappa shape index (κ2) is 6.89. The Labute approximate surface area is 128 Å². The Balaban J connectivity index is 1.88. The van der Waals surface area contributed by atoms with E-state index in [4.69, 9.17) is 11.6 Å². The van der Waals surface area contributed by atoms with Crippen LogP contribution in [0, 0.1) is 5.92 Å². The van der Waals surface area contributed by atoms with Gasteiger partial charge in [0.15, 0.2) is 0 Å². The maximum absolute atomic E-state index is 12.3. The van der Waals surface area contributed by atoms with Crippen molar-refractivity contribution in [3.63, 3.8) is 0 Å². The number of carbonyl (C=O) groups excluding carboxylic acids is 1. The fraction of sp³-hybridized carbons (Fsp3) is 0.643. The van der Waals surface area contributed by atoms with E-state index in [1.807, 2.05) is 19.2 Å². The third-order valence-electron chi connectivity index (χ3n) is 3.97. The van der Waals surface area contributed by atoms with E-state index in [2.05, 4.69) is 11.8 Å². The molecule has 2 atom stereocenters. The van der Waals surface area contributed by atoms with Crippen molar-refractivity contribution in [1.82, 2.24) is 9.80 Å². The van der Waals surface area contributed by atoms with Gasteiger partial charge in [-0.3, -0.25) is 9.69 Å². The normalized spacial score (nSPS) is 23.2. The number of nitrogens with zero attached hydrogens (tertiary/aromatic N) is 2. The minimum absolute atomic E-state index is 0.0853. The number of rotatable bonds is 5. The third kappa shape index (κ3) is 3.73. The van der Waals surface area contributed by atoms with Crippen molar-refractivity contribution in [3.8, 4) is 0 Å². The molecule has 1 N–H and O–H groups in total. The van der Waals surface area contributed by atoms with Crippen LogP contribution in [0.5, 0.6) is 0 Å². The van der Waals surface area contributed by atoms with Crippen molar-refractivity contribution >= 4 is 28.8 Å². The SMILES string of the molecule is CC1CCN(CC(=O)N(C)Cc2ccc(Cl)s2)C1CO. The van der Waals surface area contributed by atoms with Gasteiger partial charge in [0, 0.05) is 18.0 Å². The molecule has 1 amide bonds. The number of hydrogen-bond acceptors (Lipinski definition) is 4. The molecule has 2 heterocycles. The van der Waals surface area contributed by atoms with Gasteiger partial charge in [-0.1, -0.05) is 18.5 Å². The Bertz CT molecular complexity index is 466. The van der Waals surface area contributed by atoms with Gasteiger partial charge in [0.1, 0.15) is 0 Å². The monoisotopic (exact) mass is 316 g/mol. The Kier molecular flexibility index (Phi) is 5.43. The molecule has 0 saturated carbocycles. The van der Waals surface area contributed by atoms with E-state index in [0.29, 0.717) is 19.0 Å². The lowest BCUT2D eigenvalue weighted by Gasteiger charge is -2.26. The molecule has 0 spiro atoms. The number of halogens is 1. The van der Waals surface area contributed by atoms with Crippen LogP contribution in [0.2, 0.25) is 4.34 Å². The molecule has 2 unspecified atom stereocenters. The zero-order valence-electron chi connectivity index (χ0n) is 11.9. The van der Waals surface area contributed by atoms with E-state index < -0.39 is 0 Å². The lowest BCUT2D eigenvalue weighted by molar-refractivity contribution is -0.132. The molecule has 1 aliphatic rings. The topological polar surface area (TPSA) is 43.8 Å². The van der Waals surface area contributed by atoms with Crippen molar-refractivity contribution in [3.05, 3.63) is 21.3 Å². The van der Waals surface area contributed by atoms with Crippen LogP contribution in [-0.4, -0.2) is 53.6 Å². The summed E-state index contributed by atoms with van der Waals surface area (Å²) < 4.78 is 0.745. The first-order chi connectivity index (χ1) is 9.51. The zero-order chi connectivity index (χ0) is 14.7. The van der Waals surface area contributed by atoms with E-state index in [1.165, 1.54) is 11.3 Å². The standard InChI is InChI=1S/C14H21ClN2O2S/c1-10-5-6-17(12(10)9-18)8-14(19)16(2)7-11-3-4-13(15)20-11/h3-4,10,12,18H,5-9H2,1-2H3. The van der Waals surface area contributed by atoms with Crippen LogP contribution in [-0.2, 0) is 11.3 Å². The molecule has 20 heavy (non-hydrogen) atoms. The van der Waals surface area contributed by atoms with Gasteiger partial charge in [-0.05, 0) is 31.0 Å². The molecule has 4 nitrogen and oxygen atoms in total. The van der Waals surface area contributed by atoms with Crippen LogP contribution >= 0.6 is 22.9 Å². The maximum Gasteiger partial charge on any atom is 0.236 e. The summed E-state index contributed by atoms with van der Waals surface area (Å²) in [5.74, 6) is 0.538. The summed E-state index contributed by atoms with van der Waals surface area (Å²) in [5.41, 5.74) is 0. The summed E-state index contributed by atoms with van der Waals surface area (Å²) in [6, 6.07) is 3.92. The minimum atomic E-state index is 0.0853. The summed E-state index contributed by atoms with van der Waals surface area (Å²) in [6.07, 6.45) is 1.04. The molecule has 1 saturated heterocycles. The van der Waals surface area contributed by atoms with Crippen LogP contribution in [0.3, 0.4) is 0 Å². The first-order valence-corrected chi connectivity index (χ1v) is 8.03. The van der Waals surface area contributed by atoms with E-state index in [0.717, 1.165) is 22.2 Å². The number of likely N-dealkylation sites (N-methyl/N-ethyl adjacent to an activating group) is 1. The molecular weight excluding hydrogens is 296 g/mol. The highest BCUT2D eigenvalue weighted by Crippen LogP contribution is 2.24. The average molecular weight is 317 g/mol. The second-order valence-corrected chi connectivity index (χ2v) is 7.24. The highest BCUT2D eigenvalue weighted by Gasteiger charge is 2.32. The highest BCUT2D eigenvalue weighted by molar-refractivity contribution is 7.16. The van der Waals surface area contributed by atoms with Crippen LogP contribution in [0.1, 0.15) is 18.2 Å². The lowest BCUT2D eigenvalue weighted by Crippen LogP contribution is -2.42. The molecule has 1 aromatic rings. The molecular formula is C14H21ClN2O2S. The number of amides is 1. The van der Waals surface area contributed by atoms with E-state index in [1.54, 1.807) is 4.90 Å². The van der Waals surface area contributed by atoms with Gasteiger partial charge in [0.05, 0.1) is 24.0 Å². The van der Waals surface area contributed by atoms with Crippen LogP contribution in [0.15, 0.2) is 12.1 Å². The molecule has 1 aliphatic heterocycles. The van der Waals surface area contributed by atoms with E-state index >= 15 is 0 Å². The first kappa shape index (κ1) is 15.8. The van der Waals surface area contributed by atoms with E-state index in [9.17, 15) is 9.90 Å². The number of thiophene rings is 1. The summed E-state index contributed by atoms with van der Waals surface area (Å²) in [6.45, 7) is 4.10. The number of aliphatic hydroxyl groups excluding tert-OH is 1. The summed E-state index contributed by atoms with van der Waals surface area (Å²) in [5, 5.41) is 9.42. The molecule has 0 radical (unpaired) electrons. The summed E-state index contributed by atoms with van der Waals surface area (Å²) in [4.78, 5) is 17.1. The highest BCUT2D eigenvalue weighted by atomic mass is 35.5. The molecule has 2 rings (SSSR count). The van der Waals surface area contributed by atoms with Crippen molar-refractivity contribution in [2.24, 2.45) is 5.92 Å². The Morgan fingerprint density at radius 1 is 1.60 bits per heavy atom. The average Bonchev–Trinajstić information content (AvgIpc) is 2.96. The molecule has 0 aromatic carbocycles. The molecule has 1 fully saturated rings. The van der Waals surface area contributed by atoms with Crippen LogP contribution in [0.25, 0.3) is 0 Å². The van der Waals surface area contributed by atoms with Gasteiger partial charge < -0.3 is 10.0 Å². The minimum Gasteiger partial charge on any atom is -0.395 e. The van der Waals surface area contributed by atoms with Crippen molar-refractivity contribution in [2.75, 3.05) is 26.7 Å². The van der Waals surface area contributed by atoms with E-state index in [-0.39, 0.29) is 18.6 Å². The van der Waals surface area contributed by atoms with Gasteiger partial charge in [-0.2, -0.15) is 0 Å². The number of hydrogen-bond donors (Lipinski definition) is 1. The fourth-order valence-electron chi connectivity index (χ4n) is 2.63. The first-order valence-electron chi connectivity index (χ1n) is 6.84. The van der Waals surface area contributed by atoms with Crippen molar-refractivity contribution in [2.45, 2.75) is 25.9 Å². The Hall–Kier alpha value is -0.620. The number of likely N-dealkylation sites (tertiary alicyclic amines) is 1. The number of carbonyl (C=O) groups is 1. The summed E-state index contributed by atoms with van der Waals surface area (Å²) in [7, 11) is 1.81. The maximum atomic E-state index is 12.3. The molecule has 0 aliphatic carbocycles. The predicted molar refractivity (Wildman–Crippen MR) is 82.0 cm³/mol. The smallest absolute Gasteiger partial charge is 0.236 e. The second-order valence-electron chi connectivity index (χ2n) is 5.44. The van der Waals surface area contributed by atoms with Gasteiger partial charge >= 0.3 is 0 Å². The van der Waals surface area contributed by atoms with Gasteiger partial charge in [0.25, 0.3) is 0 Å². The Morgan fingerprint density at radius 3 is 2.95 bits per heavy atom. The van der Waals surface area contributed by atoms with Crippen molar-refractivity contribution < 1.29 is 9.90 Å². The zero-order valence-corrected chi connectivity index (χ0v) is 13.5. The largest absolute Gasteiger partial charge is 0.395 e. The lowest BCUT2D eigenvalue weighted by atomic mass is 10.0. The Morgan fingerprint density at radius 2 is 2.35 bits per heavy atom. The van der Waals surface area contributed by atoms with Gasteiger partial charge in [0.2, 0.25) is 5.91 Å². The molecule has 112 valence electrons. The number of aliphatic hydroxyl groups is 1. The van der Waals surface area contributed by atoms with Crippen molar-refractivity contribution in [1.29, 1.82) is 0 Å². The quantitative estimate of drug-likeness (QED) is 0.904. The predicted octanol–water partition coefficient (Wildman–Crippen LogP) is 2.06. The third-order valence-corrected chi connectivity index (χ3v) is 5.19. The van der Waals surface area contributed by atoms with Gasteiger partial charge in [-0.15, -0.1) is 11.3 Å². The molecule has 1 aromatic heterocycles. The van der Waals surface area contributed by atoms with Gasteiger partial charge in [-0.25, -0.2) is 0 Å². The summed E-state index contributed by atoms with van der Waals surface area (Å²) >= 11 is 7.39. The molecule has 0 bridgehead atoms. The molecule has 6 heteroatoms. The van der Waals surface area contributed by atoms with Crippen LogP contribution < -0.4 is 0 Å². The van der Waals surface area contributed by atoms with Crippen LogP contribution in [0.4, 0.5) is 0 Å².